The molecule has 0 aromatic heterocycles. The molecule has 0 saturated heterocycles. The standard InChI is InChI=1S/C10H17F3N2O.ClH/c11-10(12,13)5-6-15-8(16)9(7-14)3-1-2-4-9;/h1-7,14H2,(H,15,16);1H. The molecule has 0 aliphatic heterocycles. The van der Waals surface area contributed by atoms with Crippen molar-refractivity contribution >= 4 is 18.3 Å². The maximum Gasteiger partial charge on any atom is 0.390 e. The Balaban J connectivity index is 0.00000256. The van der Waals surface area contributed by atoms with Crippen LogP contribution in [-0.4, -0.2) is 25.2 Å². The third-order valence-electron chi connectivity index (χ3n) is 3.13. The first-order valence-electron chi connectivity index (χ1n) is 5.45. The van der Waals surface area contributed by atoms with Gasteiger partial charge in [-0.2, -0.15) is 13.2 Å². The van der Waals surface area contributed by atoms with Gasteiger partial charge in [-0.3, -0.25) is 4.79 Å². The number of carbonyl (C=O) groups is 1. The third kappa shape index (κ3) is 4.71. The minimum Gasteiger partial charge on any atom is -0.355 e. The number of nitrogens with one attached hydrogen (secondary N) is 1. The normalized spacial score (nSPS) is 18.6. The molecule has 1 fully saturated rings. The van der Waals surface area contributed by atoms with Gasteiger partial charge in [-0.25, -0.2) is 0 Å². The molecule has 0 aromatic rings. The zero-order valence-electron chi connectivity index (χ0n) is 9.48. The van der Waals surface area contributed by atoms with Crippen LogP contribution in [0.3, 0.4) is 0 Å². The summed E-state index contributed by atoms with van der Waals surface area (Å²) in [6.07, 6.45) is -2.01. The Morgan fingerprint density at radius 3 is 2.24 bits per heavy atom. The highest BCUT2D eigenvalue weighted by molar-refractivity contribution is 5.85. The molecule has 3 N–H and O–H groups in total. The Bertz CT molecular complexity index is 252. The van der Waals surface area contributed by atoms with E-state index in [-0.39, 0.29) is 31.4 Å². The van der Waals surface area contributed by atoms with Crippen molar-refractivity contribution in [1.82, 2.24) is 5.32 Å². The highest BCUT2D eigenvalue weighted by atomic mass is 35.5. The first kappa shape index (κ1) is 16.5. The Kier molecular flexibility index (Phi) is 6.26. The van der Waals surface area contributed by atoms with Crippen molar-refractivity contribution in [3.8, 4) is 0 Å². The van der Waals surface area contributed by atoms with Gasteiger partial charge in [0, 0.05) is 13.1 Å². The first-order chi connectivity index (χ1) is 7.40. The van der Waals surface area contributed by atoms with Gasteiger partial charge in [0.2, 0.25) is 5.91 Å². The van der Waals surface area contributed by atoms with E-state index in [2.05, 4.69) is 5.32 Å². The van der Waals surface area contributed by atoms with Crippen LogP contribution < -0.4 is 11.1 Å². The van der Waals surface area contributed by atoms with Crippen LogP contribution in [0.2, 0.25) is 0 Å². The number of amides is 1. The Hall–Kier alpha value is -0.490. The Morgan fingerprint density at radius 2 is 1.82 bits per heavy atom. The second-order valence-corrected chi connectivity index (χ2v) is 4.31. The van der Waals surface area contributed by atoms with Crippen molar-refractivity contribution in [2.75, 3.05) is 13.1 Å². The van der Waals surface area contributed by atoms with Crippen molar-refractivity contribution in [2.45, 2.75) is 38.3 Å². The fourth-order valence-corrected chi connectivity index (χ4v) is 2.08. The number of carbonyl (C=O) groups excluding carboxylic acids is 1. The van der Waals surface area contributed by atoms with Crippen molar-refractivity contribution in [3.05, 3.63) is 0 Å². The highest BCUT2D eigenvalue weighted by Gasteiger charge is 2.39. The van der Waals surface area contributed by atoms with Crippen LogP contribution in [0.25, 0.3) is 0 Å². The summed E-state index contributed by atoms with van der Waals surface area (Å²) in [7, 11) is 0. The van der Waals surface area contributed by atoms with E-state index in [1.165, 1.54) is 0 Å². The molecule has 0 atom stereocenters. The first-order valence-corrected chi connectivity index (χ1v) is 5.45. The number of hydrogen-bond donors (Lipinski definition) is 2. The smallest absolute Gasteiger partial charge is 0.355 e. The molecular weight excluding hydrogens is 257 g/mol. The van der Waals surface area contributed by atoms with Crippen molar-refractivity contribution < 1.29 is 18.0 Å². The van der Waals surface area contributed by atoms with E-state index >= 15 is 0 Å². The summed E-state index contributed by atoms with van der Waals surface area (Å²) < 4.78 is 35.7. The second-order valence-electron chi connectivity index (χ2n) is 4.31. The second kappa shape index (κ2) is 6.44. The van der Waals surface area contributed by atoms with Gasteiger partial charge in [0.1, 0.15) is 0 Å². The van der Waals surface area contributed by atoms with Crippen LogP contribution in [0.1, 0.15) is 32.1 Å². The number of alkyl halides is 3. The molecule has 1 aliphatic rings. The van der Waals surface area contributed by atoms with Crippen LogP contribution in [0.5, 0.6) is 0 Å². The fourth-order valence-electron chi connectivity index (χ4n) is 2.08. The van der Waals surface area contributed by atoms with E-state index in [1.807, 2.05) is 0 Å². The molecule has 1 saturated carbocycles. The lowest BCUT2D eigenvalue weighted by atomic mass is 9.85. The fraction of sp³-hybridized carbons (Fsp3) is 0.900. The summed E-state index contributed by atoms with van der Waals surface area (Å²) in [4.78, 5) is 11.7. The lowest BCUT2D eigenvalue weighted by Crippen LogP contribution is -2.45. The number of halogens is 4. The molecule has 3 nitrogen and oxygen atoms in total. The minimum atomic E-state index is -4.22. The Labute approximate surface area is 105 Å². The van der Waals surface area contributed by atoms with Gasteiger partial charge in [-0.15, -0.1) is 12.4 Å². The van der Waals surface area contributed by atoms with Crippen LogP contribution >= 0.6 is 12.4 Å². The van der Waals surface area contributed by atoms with Crippen LogP contribution in [0.15, 0.2) is 0 Å². The largest absolute Gasteiger partial charge is 0.390 e. The van der Waals surface area contributed by atoms with Gasteiger partial charge in [-0.1, -0.05) is 12.8 Å². The van der Waals surface area contributed by atoms with Crippen LogP contribution in [0.4, 0.5) is 13.2 Å². The molecule has 7 heteroatoms. The molecule has 1 rings (SSSR count). The minimum absolute atomic E-state index is 0. The average molecular weight is 275 g/mol. The van der Waals surface area contributed by atoms with Gasteiger partial charge in [0.05, 0.1) is 11.8 Å². The lowest BCUT2D eigenvalue weighted by Gasteiger charge is -2.25. The summed E-state index contributed by atoms with van der Waals surface area (Å²) in [6, 6.07) is 0. The van der Waals surface area contributed by atoms with Gasteiger partial charge in [0.15, 0.2) is 0 Å². The molecule has 0 spiro atoms. The summed E-state index contributed by atoms with van der Waals surface area (Å²) in [5.41, 5.74) is 4.92. The van der Waals surface area contributed by atoms with E-state index in [9.17, 15) is 18.0 Å². The number of hydrogen-bond acceptors (Lipinski definition) is 2. The molecule has 1 amide bonds. The molecule has 102 valence electrons. The summed E-state index contributed by atoms with van der Waals surface area (Å²) in [5.74, 6) is -0.322. The average Bonchev–Trinajstić information content (AvgIpc) is 2.65. The van der Waals surface area contributed by atoms with Gasteiger partial charge < -0.3 is 11.1 Å². The molecule has 17 heavy (non-hydrogen) atoms. The van der Waals surface area contributed by atoms with E-state index < -0.39 is 18.0 Å². The zero-order chi connectivity index (χ0) is 12.2. The molecule has 1 aliphatic carbocycles. The number of rotatable bonds is 4. The molecule has 0 aromatic carbocycles. The lowest BCUT2D eigenvalue weighted by molar-refractivity contribution is -0.138. The SMILES string of the molecule is Cl.NCC1(C(=O)NCCC(F)(F)F)CCCC1. The zero-order valence-corrected chi connectivity index (χ0v) is 10.3. The summed E-state index contributed by atoms with van der Waals surface area (Å²) >= 11 is 0. The molecule has 0 radical (unpaired) electrons. The van der Waals surface area contributed by atoms with Gasteiger partial charge >= 0.3 is 6.18 Å². The van der Waals surface area contributed by atoms with Crippen molar-refractivity contribution in [3.63, 3.8) is 0 Å². The third-order valence-corrected chi connectivity index (χ3v) is 3.13. The quantitative estimate of drug-likeness (QED) is 0.824. The number of nitrogens with two attached hydrogens (primary N) is 1. The Morgan fingerprint density at radius 1 is 1.29 bits per heavy atom. The predicted molar refractivity (Wildman–Crippen MR) is 60.9 cm³/mol. The van der Waals surface area contributed by atoms with E-state index in [0.29, 0.717) is 12.8 Å². The molecule has 0 unspecified atom stereocenters. The van der Waals surface area contributed by atoms with E-state index in [0.717, 1.165) is 12.8 Å². The maximum absolute atomic E-state index is 11.9. The summed E-state index contributed by atoms with van der Waals surface area (Å²) in [5, 5.41) is 2.33. The molecular formula is C10H18ClF3N2O. The van der Waals surface area contributed by atoms with Crippen molar-refractivity contribution in [2.24, 2.45) is 11.1 Å². The predicted octanol–water partition coefficient (Wildman–Crippen LogP) is 2.00. The monoisotopic (exact) mass is 274 g/mol. The van der Waals surface area contributed by atoms with E-state index in [4.69, 9.17) is 5.73 Å². The van der Waals surface area contributed by atoms with Crippen LogP contribution in [-0.2, 0) is 4.79 Å². The molecule has 0 heterocycles. The summed E-state index contributed by atoms with van der Waals surface area (Å²) in [6.45, 7) is -0.144. The van der Waals surface area contributed by atoms with Crippen molar-refractivity contribution in [1.29, 1.82) is 0 Å². The van der Waals surface area contributed by atoms with Crippen LogP contribution in [0, 0.1) is 5.41 Å². The van der Waals surface area contributed by atoms with Gasteiger partial charge in [-0.05, 0) is 12.8 Å². The highest BCUT2D eigenvalue weighted by Crippen LogP contribution is 2.37. The maximum atomic E-state index is 11.9. The van der Waals surface area contributed by atoms with E-state index in [1.54, 1.807) is 0 Å². The van der Waals surface area contributed by atoms with Gasteiger partial charge in [0.25, 0.3) is 0 Å². The molecule has 0 bridgehead atoms. The topological polar surface area (TPSA) is 55.1 Å².